The fraction of sp³-hybridized carbons (Fsp3) is 0.310. The number of amides is 2. The molecule has 3 aromatic rings. The molecule has 0 spiro atoms. The highest BCUT2D eigenvalue weighted by Gasteiger charge is 2.44. The van der Waals surface area contributed by atoms with E-state index in [0.29, 0.717) is 25.9 Å². The van der Waals surface area contributed by atoms with E-state index < -0.39 is 60.6 Å². The first-order chi connectivity index (χ1) is 27.4. The Kier molecular flexibility index (Phi) is 15.7. The first kappa shape index (κ1) is 45.1. The lowest BCUT2D eigenvalue weighted by molar-refractivity contribution is -0.438. The van der Waals surface area contributed by atoms with Crippen molar-refractivity contribution in [1.82, 2.24) is 15.2 Å². The number of nitrogens with zero attached hydrogens (tertiary/aromatic N) is 2. The second-order valence-corrected chi connectivity index (χ2v) is 15.9. The minimum absolute atomic E-state index is 0.00418. The normalized spacial score (nSPS) is 15.0. The van der Waals surface area contributed by atoms with Crippen molar-refractivity contribution >= 4 is 103 Å². The van der Waals surface area contributed by atoms with Gasteiger partial charge in [-0.2, -0.15) is 4.58 Å². The molecular weight excluding hydrogens is 880 g/mol. The summed E-state index contributed by atoms with van der Waals surface area (Å²) in [5.74, 6) is -6.58. The number of halogens is 2. The molecule has 306 valence electrons. The Morgan fingerprint density at radius 2 is 1.34 bits per heavy atom. The van der Waals surface area contributed by atoms with Crippen LogP contribution in [-0.2, 0) is 40.7 Å². The maximum Gasteiger partial charge on any atom is 0.326 e. The van der Waals surface area contributed by atoms with E-state index in [4.69, 9.17) is 10.2 Å². The number of carboxylic acid groups (broad SMARTS) is 4. The van der Waals surface area contributed by atoms with Crippen molar-refractivity contribution in [2.45, 2.75) is 76.4 Å². The lowest BCUT2D eigenvalue weighted by Crippen LogP contribution is -2.42. The zero-order chi connectivity index (χ0) is 42.7. The van der Waals surface area contributed by atoms with E-state index in [9.17, 15) is 39.0 Å². The van der Waals surface area contributed by atoms with Crippen LogP contribution in [0.2, 0.25) is 0 Å². The summed E-state index contributed by atoms with van der Waals surface area (Å²) in [5, 5.41) is 43.7. The first-order valence-electron chi connectivity index (χ1n) is 18.3. The third kappa shape index (κ3) is 11.7. The molecule has 2 aromatic carbocycles. The lowest BCUT2D eigenvalue weighted by Gasteiger charge is -2.15. The van der Waals surface area contributed by atoms with Crippen molar-refractivity contribution in [3.8, 4) is 0 Å². The molecule has 0 radical (unpaired) electrons. The number of fused-ring (bicyclic) bond motifs is 2. The van der Waals surface area contributed by atoms with Crippen LogP contribution in [0.3, 0.4) is 0 Å². The van der Waals surface area contributed by atoms with Gasteiger partial charge in [-0.3, -0.25) is 19.2 Å². The van der Waals surface area contributed by atoms with Crippen molar-refractivity contribution in [3.63, 3.8) is 0 Å². The summed E-state index contributed by atoms with van der Waals surface area (Å²) in [4.78, 5) is 69.9. The molecule has 2 atom stereocenters. The molecule has 0 saturated heterocycles. The maximum absolute atomic E-state index is 12.6. The summed E-state index contributed by atoms with van der Waals surface area (Å²) < 4.78 is 5.91. The van der Waals surface area contributed by atoms with Crippen LogP contribution >= 0.6 is 31.9 Å². The fourth-order valence-electron chi connectivity index (χ4n) is 6.81. The van der Waals surface area contributed by atoms with E-state index in [1.165, 1.54) is 0 Å². The molecule has 14 nitrogen and oxygen atoms in total. The number of aliphatic carboxylic acids is 4. The van der Waals surface area contributed by atoms with E-state index in [1.807, 2.05) is 77.4 Å². The van der Waals surface area contributed by atoms with Gasteiger partial charge in [0.05, 0.1) is 23.8 Å². The standard InChI is InChI=1S/C42H44Br2N4O10/c1-25-28-17-15-26(43)21-33(28)47(19-9-13-36(49)45-30(40(55)56)23-38(51)52)32(25)11-7-5-4-6-8-12-35-42(2,3)29-18-16-27(44)22-34(29)48(35)20-10-14-37(50)46-31(41(57)58)24-39(53)54/h4-8,11-12,15-18,21-22,30-31H,1,9-10,13-14,19-20,23-24H2,2-3H3,(H5-,45,46,49,50,51,52,53,54,55,56,57,58)/p+1. The minimum Gasteiger partial charge on any atom is -0.481 e. The van der Waals surface area contributed by atoms with Crippen molar-refractivity contribution in [2.24, 2.45) is 0 Å². The third-order valence-corrected chi connectivity index (χ3v) is 10.6. The van der Waals surface area contributed by atoms with Crippen molar-refractivity contribution in [3.05, 3.63) is 97.9 Å². The maximum atomic E-state index is 12.6. The van der Waals surface area contributed by atoms with Crippen molar-refractivity contribution in [1.29, 1.82) is 0 Å². The van der Waals surface area contributed by atoms with E-state index >= 15 is 0 Å². The number of hydrogen-bond acceptors (Lipinski definition) is 6. The molecule has 0 bridgehead atoms. The zero-order valence-corrected chi connectivity index (χ0v) is 35.1. The van der Waals surface area contributed by atoms with Gasteiger partial charge < -0.3 is 35.6 Å². The van der Waals surface area contributed by atoms with Crippen LogP contribution in [0.4, 0.5) is 5.69 Å². The van der Waals surface area contributed by atoms with Gasteiger partial charge in [0.2, 0.25) is 17.5 Å². The molecule has 58 heavy (non-hydrogen) atoms. The number of aryl methyl sites for hydroxylation is 1. The van der Waals surface area contributed by atoms with Crippen LogP contribution in [0, 0.1) is 0 Å². The zero-order valence-electron chi connectivity index (χ0n) is 31.9. The molecule has 0 aliphatic carbocycles. The van der Waals surface area contributed by atoms with Gasteiger partial charge in [-0.25, -0.2) is 9.59 Å². The Morgan fingerprint density at radius 1 is 0.793 bits per heavy atom. The van der Waals surface area contributed by atoms with Crippen LogP contribution in [0.25, 0.3) is 23.6 Å². The highest BCUT2D eigenvalue weighted by molar-refractivity contribution is 9.10. The summed E-state index contributed by atoms with van der Waals surface area (Å²) in [5.41, 5.74) is 3.57. The predicted octanol–water partition coefficient (Wildman–Crippen LogP) is 4.75. The molecule has 1 aliphatic heterocycles. The number of rotatable bonds is 20. The van der Waals surface area contributed by atoms with E-state index in [-0.39, 0.29) is 18.3 Å². The van der Waals surface area contributed by atoms with Gasteiger partial charge in [0, 0.05) is 68.4 Å². The molecular formula is C42H45Br2N4O10+. The topological polar surface area (TPSA) is 215 Å². The van der Waals surface area contributed by atoms with Crippen LogP contribution < -0.4 is 21.2 Å². The second-order valence-electron chi connectivity index (χ2n) is 14.1. The van der Waals surface area contributed by atoms with E-state index in [2.05, 4.69) is 73.6 Å². The number of carboxylic acids is 4. The highest BCUT2D eigenvalue weighted by atomic mass is 79.9. The van der Waals surface area contributed by atoms with Gasteiger partial charge in [0.1, 0.15) is 18.6 Å². The summed E-state index contributed by atoms with van der Waals surface area (Å²) in [6.45, 7) is 9.38. The lowest BCUT2D eigenvalue weighted by atomic mass is 9.81. The SMILES string of the molecule is C=c1c(=CC=CC=CC=CC2=[N+](CCCC(=O)NC(CC(=O)O)C(=O)O)c3cc(Br)ccc3C2(C)C)n(CCCC(=O)NC(CC(=O)O)C(=O)O)c2cc(Br)ccc12. The quantitative estimate of drug-likeness (QED) is 0.0676. The number of aromatic nitrogens is 1. The van der Waals surface area contributed by atoms with E-state index in [0.717, 1.165) is 47.4 Å². The molecule has 4 rings (SSSR count). The van der Waals surface area contributed by atoms with E-state index in [1.54, 1.807) is 0 Å². The smallest absolute Gasteiger partial charge is 0.326 e. The highest BCUT2D eigenvalue weighted by Crippen LogP contribution is 2.41. The molecule has 1 aliphatic rings. The summed E-state index contributed by atoms with van der Waals surface area (Å²) in [7, 11) is 0. The average Bonchev–Trinajstić information content (AvgIpc) is 3.50. The minimum atomic E-state index is -1.52. The number of benzene rings is 2. The Labute approximate surface area is 350 Å². The monoisotopic (exact) mass is 923 g/mol. The van der Waals surface area contributed by atoms with Crippen molar-refractivity contribution < 1.29 is 53.8 Å². The summed E-state index contributed by atoms with van der Waals surface area (Å²) in [6.07, 6.45) is 12.6. The Balaban J connectivity index is 1.51. The van der Waals surface area contributed by atoms with Crippen LogP contribution in [0.1, 0.15) is 57.9 Å². The van der Waals surface area contributed by atoms with Crippen molar-refractivity contribution in [2.75, 3.05) is 6.54 Å². The largest absolute Gasteiger partial charge is 0.481 e. The molecule has 6 N–H and O–H groups in total. The molecule has 0 saturated carbocycles. The fourth-order valence-corrected chi connectivity index (χ4v) is 7.51. The van der Waals surface area contributed by atoms with Gasteiger partial charge in [0.15, 0.2) is 5.71 Å². The molecule has 1 aromatic heterocycles. The number of carbonyl (C=O) groups excluding carboxylic acids is 2. The Morgan fingerprint density at radius 3 is 1.95 bits per heavy atom. The first-order valence-corrected chi connectivity index (χ1v) is 19.9. The third-order valence-electron chi connectivity index (χ3n) is 9.58. The molecule has 2 unspecified atom stereocenters. The molecule has 16 heteroatoms. The van der Waals surface area contributed by atoms with Gasteiger partial charge in [-0.15, -0.1) is 0 Å². The van der Waals surface area contributed by atoms with Gasteiger partial charge in [-0.05, 0) is 44.5 Å². The Hall–Kier alpha value is -5.61. The second kappa shape index (κ2) is 20.2. The predicted molar refractivity (Wildman–Crippen MR) is 225 cm³/mol. The number of hydrogen-bond donors (Lipinski definition) is 6. The van der Waals surface area contributed by atoms with Gasteiger partial charge in [0.25, 0.3) is 0 Å². The average molecular weight is 926 g/mol. The summed E-state index contributed by atoms with van der Waals surface area (Å²) >= 11 is 7.09. The van der Waals surface area contributed by atoms with Crippen LogP contribution in [-0.4, -0.2) is 89.6 Å². The molecule has 2 amide bonds. The summed E-state index contributed by atoms with van der Waals surface area (Å²) in [6, 6.07) is 8.84. The van der Waals surface area contributed by atoms with Crippen LogP contribution in [0.15, 0.2) is 81.8 Å². The number of nitrogens with one attached hydrogen (secondary N) is 2. The molecule has 0 fully saturated rings. The Bertz CT molecular complexity index is 2360. The van der Waals surface area contributed by atoms with Crippen LogP contribution in [0.5, 0.6) is 0 Å². The number of carbonyl (C=O) groups is 6. The van der Waals surface area contributed by atoms with Gasteiger partial charge >= 0.3 is 23.9 Å². The van der Waals surface area contributed by atoms with Gasteiger partial charge in [-0.1, -0.05) is 81.0 Å². The number of allylic oxidation sites excluding steroid dienone is 6. The molecule has 2 heterocycles.